The van der Waals surface area contributed by atoms with Crippen molar-refractivity contribution in [1.29, 1.82) is 0 Å². The Kier molecular flexibility index (Phi) is 5.05. The van der Waals surface area contributed by atoms with Crippen LogP contribution in [0.3, 0.4) is 0 Å². The van der Waals surface area contributed by atoms with Gasteiger partial charge in [-0.05, 0) is 78.7 Å². The normalized spacial score (nSPS) is 24.8. The van der Waals surface area contributed by atoms with Gasteiger partial charge < -0.3 is 15.1 Å². The van der Waals surface area contributed by atoms with E-state index in [1.807, 2.05) is 0 Å². The van der Waals surface area contributed by atoms with Gasteiger partial charge in [-0.3, -0.25) is 0 Å². The second kappa shape index (κ2) is 6.36. The molecule has 0 atom stereocenters. The third-order valence-corrected chi connectivity index (χ3v) is 4.72. The SMILES string of the molecule is CNC(C)(C)CN1CCC(CN2CCCC2)CC1. The molecule has 0 bridgehead atoms. The molecule has 3 heteroatoms. The molecule has 106 valence electrons. The lowest BCUT2D eigenvalue weighted by atomic mass is 9.94. The largest absolute Gasteiger partial charge is 0.314 e. The van der Waals surface area contributed by atoms with Gasteiger partial charge in [0.2, 0.25) is 0 Å². The van der Waals surface area contributed by atoms with Gasteiger partial charge in [0.25, 0.3) is 0 Å². The van der Waals surface area contributed by atoms with Gasteiger partial charge in [-0.25, -0.2) is 0 Å². The molecule has 1 N–H and O–H groups in total. The van der Waals surface area contributed by atoms with Crippen molar-refractivity contribution in [3.63, 3.8) is 0 Å². The van der Waals surface area contributed by atoms with Crippen molar-refractivity contribution in [3.8, 4) is 0 Å². The van der Waals surface area contributed by atoms with Gasteiger partial charge in [0, 0.05) is 18.6 Å². The molecule has 0 radical (unpaired) electrons. The molecule has 2 saturated heterocycles. The van der Waals surface area contributed by atoms with Crippen molar-refractivity contribution < 1.29 is 0 Å². The number of likely N-dealkylation sites (tertiary alicyclic amines) is 2. The van der Waals surface area contributed by atoms with E-state index in [0.29, 0.717) is 0 Å². The molecule has 2 fully saturated rings. The summed E-state index contributed by atoms with van der Waals surface area (Å²) in [7, 11) is 2.07. The van der Waals surface area contributed by atoms with Crippen molar-refractivity contribution in [2.45, 2.75) is 45.1 Å². The minimum atomic E-state index is 0.252. The van der Waals surface area contributed by atoms with Gasteiger partial charge in [0.1, 0.15) is 0 Å². The van der Waals surface area contributed by atoms with E-state index in [0.717, 1.165) is 5.92 Å². The van der Waals surface area contributed by atoms with Crippen LogP contribution in [0.4, 0.5) is 0 Å². The highest BCUT2D eigenvalue weighted by atomic mass is 15.2. The fourth-order valence-corrected chi connectivity index (χ4v) is 3.30. The van der Waals surface area contributed by atoms with Crippen molar-refractivity contribution in [3.05, 3.63) is 0 Å². The van der Waals surface area contributed by atoms with E-state index in [-0.39, 0.29) is 5.54 Å². The van der Waals surface area contributed by atoms with E-state index in [4.69, 9.17) is 0 Å². The van der Waals surface area contributed by atoms with E-state index >= 15 is 0 Å². The first-order valence-corrected chi connectivity index (χ1v) is 7.73. The van der Waals surface area contributed by atoms with Crippen LogP contribution in [0.2, 0.25) is 0 Å². The van der Waals surface area contributed by atoms with Crippen LogP contribution < -0.4 is 5.32 Å². The number of hydrogen-bond donors (Lipinski definition) is 1. The maximum Gasteiger partial charge on any atom is 0.0249 e. The molecule has 0 aromatic heterocycles. The average Bonchev–Trinajstić information content (AvgIpc) is 2.84. The van der Waals surface area contributed by atoms with E-state index in [1.54, 1.807) is 0 Å². The summed E-state index contributed by atoms with van der Waals surface area (Å²) in [5, 5.41) is 3.41. The zero-order valence-corrected chi connectivity index (χ0v) is 12.5. The number of piperidine rings is 1. The first-order valence-electron chi connectivity index (χ1n) is 7.73. The zero-order chi connectivity index (χ0) is 13.0. The van der Waals surface area contributed by atoms with Crippen LogP contribution in [0.1, 0.15) is 39.5 Å². The number of hydrogen-bond acceptors (Lipinski definition) is 3. The molecule has 0 unspecified atom stereocenters. The molecule has 0 amide bonds. The Labute approximate surface area is 113 Å². The predicted molar refractivity (Wildman–Crippen MR) is 78.0 cm³/mol. The van der Waals surface area contributed by atoms with Crippen molar-refractivity contribution in [2.75, 3.05) is 46.3 Å². The van der Waals surface area contributed by atoms with E-state index in [2.05, 4.69) is 36.0 Å². The van der Waals surface area contributed by atoms with Crippen LogP contribution in [-0.4, -0.2) is 61.7 Å². The molecule has 2 aliphatic rings. The Bertz CT molecular complexity index is 238. The Morgan fingerprint density at radius 1 is 1.00 bits per heavy atom. The van der Waals surface area contributed by atoms with E-state index in [9.17, 15) is 0 Å². The Morgan fingerprint density at radius 2 is 1.61 bits per heavy atom. The van der Waals surface area contributed by atoms with Crippen molar-refractivity contribution in [2.24, 2.45) is 5.92 Å². The summed E-state index contributed by atoms with van der Waals surface area (Å²) in [6.45, 7) is 12.4. The van der Waals surface area contributed by atoms with Crippen molar-refractivity contribution >= 4 is 0 Å². The quantitative estimate of drug-likeness (QED) is 0.806. The monoisotopic (exact) mass is 253 g/mol. The lowest BCUT2D eigenvalue weighted by molar-refractivity contribution is 0.129. The van der Waals surface area contributed by atoms with Gasteiger partial charge in [-0.1, -0.05) is 0 Å². The highest BCUT2D eigenvalue weighted by Crippen LogP contribution is 2.21. The van der Waals surface area contributed by atoms with Crippen LogP contribution in [0.25, 0.3) is 0 Å². The topological polar surface area (TPSA) is 18.5 Å². The summed E-state index contributed by atoms with van der Waals surface area (Å²) < 4.78 is 0. The minimum Gasteiger partial charge on any atom is -0.314 e. The second-order valence-electron chi connectivity index (χ2n) is 6.86. The minimum absolute atomic E-state index is 0.252. The van der Waals surface area contributed by atoms with Crippen LogP contribution in [0.5, 0.6) is 0 Å². The molecule has 0 spiro atoms. The van der Waals surface area contributed by atoms with Crippen molar-refractivity contribution in [1.82, 2.24) is 15.1 Å². The first kappa shape index (κ1) is 14.3. The van der Waals surface area contributed by atoms with Gasteiger partial charge in [-0.2, -0.15) is 0 Å². The predicted octanol–water partition coefficient (Wildman–Crippen LogP) is 1.79. The van der Waals surface area contributed by atoms with Crippen LogP contribution in [-0.2, 0) is 0 Å². The third kappa shape index (κ3) is 4.22. The lowest BCUT2D eigenvalue weighted by Crippen LogP contribution is -2.50. The maximum atomic E-state index is 3.41. The molecule has 0 aromatic rings. The second-order valence-corrected chi connectivity index (χ2v) is 6.86. The fourth-order valence-electron chi connectivity index (χ4n) is 3.30. The summed E-state index contributed by atoms with van der Waals surface area (Å²) >= 11 is 0. The Balaban J connectivity index is 1.67. The molecule has 2 rings (SSSR count). The molecule has 0 aliphatic carbocycles. The lowest BCUT2D eigenvalue weighted by Gasteiger charge is -2.38. The standard InChI is InChI=1S/C15H31N3/c1-15(2,16-3)13-18-10-6-14(7-11-18)12-17-8-4-5-9-17/h14,16H,4-13H2,1-3H3. The molecule has 18 heavy (non-hydrogen) atoms. The molecule has 2 aliphatic heterocycles. The Hall–Kier alpha value is -0.120. The van der Waals surface area contributed by atoms with E-state index < -0.39 is 0 Å². The average molecular weight is 253 g/mol. The first-order chi connectivity index (χ1) is 8.59. The van der Waals surface area contributed by atoms with Crippen LogP contribution in [0, 0.1) is 5.92 Å². The van der Waals surface area contributed by atoms with Gasteiger partial charge >= 0.3 is 0 Å². The van der Waals surface area contributed by atoms with Gasteiger partial charge in [0.05, 0.1) is 0 Å². The van der Waals surface area contributed by atoms with Crippen LogP contribution >= 0.6 is 0 Å². The molecule has 0 saturated carbocycles. The third-order valence-electron chi connectivity index (χ3n) is 4.72. The number of rotatable bonds is 5. The molecular formula is C15H31N3. The number of likely N-dealkylation sites (N-methyl/N-ethyl adjacent to an activating group) is 1. The van der Waals surface area contributed by atoms with Gasteiger partial charge in [-0.15, -0.1) is 0 Å². The molecule has 0 aromatic carbocycles. The maximum absolute atomic E-state index is 3.41. The fraction of sp³-hybridized carbons (Fsp3) is 1.00. The smallest absolute Gasteiger partial charge is 0.0249 e. The zero-order valence-electron chi connectivity index (χ0n) is 12.5. The number of nitrogens with zero attached hydrogens (tertiary/aromatic N) is 2. The summed E-state index contributed by atoms with van der Waals surface area (Å²) in [4.78, 5) is 5.31. The molecule has 2 heterocycles. The summed E-state index contributed by atoms with van der Waals surface area (Å²) in [6, 6.07) is 0. The number of nitrogens with one attached hydrogen (secondary N) is 1. The summed E-state index contributed by atoms with van der Waals surface area (Å²) in [5.74, 6) is 0.956. The molecule has 3 nitrogen and oxygen atoms in total. The van der Waals surface area contributed by atoms with E-state index in [1.165, 1.54) is 65.0 Å². The van der Waals surface area contributed by atoms with Gasteiger partial charge in [0.15, 0.2) is 0 Å². The van der Waals surface area contributed by atoms with Crippen LogP contribution in [0.15, 0.2) is 0 Å². The summed E-state index contributed by atoms with van der Waals surface area (Å²) in [6.07, 6.45) is 5.65. The highest BCUT2D eigenvalue weighted by molar-refractivity contribution is 4.84. The molecular weight excluding hydrogens is 222 g/mol. The Morgan fingerprint density at radius 3 is 2.17 bits per heavy atom. The highest BCUT2D eigenvalue weighted by Gasteiger charge is 2.26. The summed E-state index contributed by atoms with van der Waals surface area (Å²) in [5.41, 5.74) is 0.252.